The number of carbonyl (C=O) groups is 2. The second kappa shape index (κ2) is 46.4. The molecule has 0 fully saturated rings. The van der Waals surface area contributed by atoms with Crippen LogP contribution in [0, 0.1) is 0 Å². The largest absolute Gasteiger partial charge is 0.472 e. The number of rotatable bonds is 43. The zero-order chi connectivity index (χ0) is 44.6. The first kappa shape index (κ1) is 57.9. The van der Waals surface area contributed by atoms with Crippen LogP contribution in [0.25, 0.3) is 0 Å². The molecule has 0 bridgehead atoms. The van der Waals surface area contributed by atoms with Gasteiger partial charge in [-0.05, 0) is 89.9 Å². The van der Waals surface area contributed by atoms with Crippen molar-refractivity contribution in [1.29, 1.82) is 0 Å². The molecule has 0 heterocycles. The highest BCUT2D eigenvalue weighted by Gasteiger charge is 2.26. The molecule has 0 aliphatic rings. The smallest absolute Gasteiger partial charge is 0.462 e. The van der Waals surface area contributed by atoms with Crippen LogP contribution in [0.5, 0.6) is 0 Å². The van der Waals surface area contributed by atoms with E-state index in [1.54, 1.807) is 0 Å². The number of esters is 2. The van der Waals surface area contributed by atoms with Crippen molar-refractivity contribution < 1.29 is 37.6 Å². The third-order valence-electron chi connectivity index (χ3n) is 9.47. The number of hydrogen-bond donors (Lipinski definition) is 2. The fraction of sp³-hybridized carbons (Fsp3) is 0.647. The number of unbranched alkanes of at least 4 members (excludes halogenated alkanes) is 14. The Morgan fingerprint density at radius 1 is 0.492 bits per heavy atom. The van der Waals surface area contributed by atoms with Gasteiger partial charge >= 0.3 is 19.8 Å². The second-order valence-electron chi connectivity index (χ2n) is 15.2. The summed E-state index contributed by atoms with van der Waals surface area (Å²) in [6.45, 7) is 3.46. The molecule has 0 rings (SSSR count). The van der Waals surface area contributed by atoms with E-state index in [-0.39, 0.29) is 32.6 Å². The average molecular weight is 872 g/mol. The fourth-order valence-electron chi connectivity index (χ4n) is 6.03. The maximum Gasteiger partial charge on any atom is 0.472 e. The molecule has 0 aromatic carbocycles. The lowest BCUT2D eigenvalue weighted by Crippen LogP contribution is -2.29. The first-order valence-corrected chi connectivity index (χ1v) is 25.2. The van der Waals surface area contributed by atoms with E-state index in [0.717, 1.165) is 103 Å². The minimum Gasteiger partial charge on any atom is -0.462 e. The minimum atomic E-state index is -4.39. The van der Waals surface area contributed by atoms with Gasteiger partial charge in [0.15, 0.2) is 6.10 Å². The molecule has 0 aliphatic heterocycles. The molecule has 0 saturated heterocycles. The topological polar surface area (TPSA) is 134 Å². The predicted molar refractivity (Wildman–Crippen MR) is 256 cm³/mol. The third kappa shape index (κ3) is 46.3. The van der Waals surface area contributed by atoms with Gasteiger partial charge < -0.3 is 20.1 Å². The Bertz CT molecular complexity index is 1320. The van der Waals surface area contributed by atoms with E-state index in [4.69, 9.17) is 24.3 Å². The molecule has 0 aliphatic carbocycles. The van der Waals surface area contributed by atoms with Crippen LogP contribution >= 0.6 is 7.82 Å². The monoisotopic (exact) mass is 872 g/mol. The highest BCUT2D eigenvalue weighted by molar-refractivity contribution is 7.47. The molecule has 0 spiro atoms. The van der Waals surface area contributed by atoms with E-state index in [0.29, 0.717) is 12.8 Å². The lowest BCUT2D eigenvalue weighted by atomic mass is 10.0. The summed E-state index contributed by atoms with van der Waals surface area (Å²) >= 11 is 0. The van der Waals surface area contributed by atoms with E-state index in [1.165, 1.54) is 38.5 Å². The Balaban J connectivity index is 4.15. The minimum absolute atomic E-state index is 0.0438. The summed E-state index contributed by atoms with van der Waals surface area (Å²) in [5.41, 5.74) is 5.36. The Labute approximate surface area is 372 Å². The van der Waals surface area contributed by atoms with Crippen molar-refractivity contribution in [3.8, 4) is 0 Å². The first-order valence-electron chi connectivity index (χ1n) is 23.7. The lowest BCUT2D eigenvalue weighted by molar-refractivity contribution is -0.161. The Kier molecular flexibility index (Phi) is 44.1. The van der Waals surface area contributed by atoms with Gasteiger partial charge in [0.05, 0.1) is 13.2 Å². The first-order chi connectivity index (χ1) is 29.8. The molecule has 2 unspecified atom stereocenters. The molecule has 61 heavy (non-hydrogen) atoms. The molecule has 0 saturated carbocycles. The molecular weight excluding hydrogens is 786 g/mol. The van der Waals surface area contributed by atoms with E-state index in [9.17, 15) is 19.0 Å². The molecule has 0 amide bonds. The van der Waals surface area contributed by atoms with Gasteiger partial charge in [-0.15, -0.1) is 0 Å². The van der Waals surface area contributed by atoms with Crippen LogP contribution in [0.4, 0.5) is 0 Å². The third-order valence-corrected chi connectivity index (χ3v) is 10.4. The molecular formula is C51H86NO8P. The number of phosphoric ester groups is 1. The van der Waals surface area contributed by atoms with Crippen molar-refractivity contribution in [3.63, 3.8) is 0 Å². The molecule has 2 atom stereocenters. The predicted octanol–water partition coefficient (Wildman–Crippen LogP) is 14.2. The Morgan fingerprint density at radius 3 is 1.26 bits per heavy atom. The van der Waals surface area contributed by atoms with E-state index >= 15 is 0 Å². The van der Waals surface area contributed by atoms with Crippen molar-refractivity contribution in [2.45, 2.75) is 187 Å². The highest BCUT2D eigenvalue weighted by Crippen LogP contribution is 2.43. The van der Waals surface area contributed by atoms with Crippen LogP contribution in [0.2, 0.25) is 0 Å². The van der Waals surface area contributed by atoms with Crippen molar-refractivity contribution >= 4 is 19.8 Å². The lowest BCUT2D eigenvalue weighted by Gasteiger charge is -2.19. The van der Waals surface area contributed by atoms with Crippen molar-refractivity contribution in [1.82, 2.24) is 0 Å². The summed E-state index contributed by atoms with van der Waals surface area (Å²) in [6, 6.07) is 0. The number of hydrogen-bond acceptors (Lipinski definition) is 8. The van der Waals surface area contributed by atoms with Gasteiger partial charge in [-0.25, -0.2) is 4.57 Å². The van der Waals surface area contributed by atoms with Gasteiger partial charge in [0.1, 0.15) is 6.61 Å². The normalized spacial score (nSPS) is 14.1. The molecule has 0 radical (unpaired) electrons. The van der Waals surface area contributed by atoms with Crippen molar-refractivity contribution in [2.24, 2.45) is 5.73 Å². The van der Waals surface area contributed by atoms with Crippen LogP contribution in [0.1, 0.15) is 181 Å². The summed E-state index contributed by atoms with van der Waals surface area (Å²) in [7, 11) is -4.39. The summed E-state index contributed by atoms with van der Waals surface area (Å²) in [5.74, 6) is -0.868. The number of carbonyl (C=O) groups excluding carboxylic acids is 2. The maximum atomic E-state index is 12.6. The second-order valence-corrected chi connectivity index (χ2v) is 16.7. The molecule has 9 nitrogen and oxygen atoms in total. The zero-order valence-electron chi connectivity index (χ0n) is 38.4. The summed E-state index contributed by atoms with van der Waals surface area (Å²) < 4.78 is 32.8. The average Bonchev–Trinajstić information content (AvgIpc) is 3.25. The van der Waals surface area contributed by atoms with Gasteiger partial charge in [-0.2, -0.15) is 0 Å². The number of nitrogens with two attached hydrogens (primary N) is 1. The van der Waals surface area contributed by atoms with Gasteiger partial charge in [0.25, 0.3) is 0 Å². The summed E-state index contributed by atoms with van der Waals surface area (Å²) in [4.78, 5) is 35.0. The molecule has 0 aromatic heterocycles. The van der Waals surface area contributed by atoms with Crippen LogP contribution in [-0.2, 0) is 32.7 Å². The van der Waals surface area contributed by atoms with Crippen molar-refractivity contribution in [3.05, 3.63) is 97.2 Å². The summed E-state index contributed by atoms with van der Waals surface area (Å²) in [5, 5.41) is 0. The number of allylic oxidation sites excluding steroid dienone is 16. The zero-order valence-corrected chi connectivity index (χ0v) is 39.3. The Morgan fingerprint density at radius 2 is 0.852 bits per heavy atom. The number of phosphoric acid groups is 1. The van der Waals surface area contributed by atoms with Crippen molar-refractivity contribution in [2.75, 3.05) is 26.4 Å². The molecule has 3 N–H and O–H groups in total. The quantitative estimate of drug-likeness (QED) is 0.0266. The van der Waals surface area contributed by atoms with Crippen LogP contribution in [0.3, 0.4) is 0 Å². The SMILES string of the molecule is CC/C=C\C/C=C\C/C=C\C/C=C\CCCCCCCCCCCCC(=O)OC(COC(=O)CCCCCC/C=C\C/C=C\C/C=C\C/C=C\CC)COP(=O)(O)OCCN. The van der Waals surface area contributed by atoms with Crippen LogP contribution in [0.15, 0.2) is 97.2 Å². The van der Waals surface area contributed by atoms with Gasteiger partial charge in [0.2, 0.25) is 0 Å². The standard InChI is InChI=1S/C51H86NO8P/c1-3-5-7-9-11-13-15-17-19-21-22-23-24-25-26-28-30-32-34-36-38-40-42-44-51(54)60-49(48-59-61(55,56)58-46-45-52)47-57-50(53)43-41-39-37-35-33-31-29-27-20-18-16-14-12-10-8-6-4-2/h5-8,11-14,17-20,22-23,29,31,49H,3-4,9-10,15-16,21,24-28,30,32-48,52H2,1-2H3,(H,55,56)/b7-5-,8-6-,13-11-,14-12-,19-17-,20-18-,23-22-,31-29-. The maximum absolute atomic E-state index is 12.6. The van der Waals surface area contributed by atoms with Crippen LogP contribution in [-0.4, -0.2) is 49.3 Å². The summed E-state index contributed by atoms with van der Waals surface area (Å²) in [6.07, 6.45) is 60.1. The van der Waals surface area contributed by atoms with E-state index < -0.39 is 32.5 Å². The molecule has 0 aromatic rings. The van der Waals surface area contributed by atoms with E-state index in [1.807, 2.05) is 0 Å². The van der Waals surface area contributed by atoms with Gasteiger partial charge in [-0.3, -0.25) is 18.6 Å². The molecule has 348 valence electrons. The van der Waals surface area contributed by atoms with E-state index in [2.05, 4.69) is 111 Å². The van der Waals surface area contributed by atoms with Gasteiger partial charge in [-0.1, -0.05) is 175 Å². The highest BCUT2D eigenvalue weighted by atomic mass is 31.2. The molecule has 10 heteroatoms. The van der Waals surface area contributed by atoms with Gasteiger partial charge in [0, 0.05) is 19.4 Å². The number of ether oxygens (including phenoxy) is 2. The Hall–Kier alpha value is -3.07. The fourth-order valence-corrected chi connectivity index (χ4v) is 6.79. The van der Waals surface area contributed by atoms with Crippen LogP contribution < -0.4 is 5.73 Å².